The first kappa shape index (κ1) is 17.0. The van der Waals surface area contributed by atoms with Crippen molar-refractivity contribution in [2.75, 3.05) is 11.4 Å². The number of hydrogen-bond acceptors (Lipinski definition) is 3. The molecule has 0 radical (unpaired) electrons. The van der Waals surface area contributed by atoms with Crippen molar-refractivity contribution in [1.82, 2.24) is 5.32 Å². The van der Waals surface area contributed by atoms with E-state index in [1.54, 1.807) is 30.0 Å². The number of rotatable bonds is 5. The highest BCUT2D eigenvalue weighted by molar-refractivity contribution is 5.99. The molecule has 2 N–H and O–H groups in total. The Morgan fingerprint density at radius 3 is 2.61 bits per heavy atom. The van der Waals surface area contributed by atoms with Crippen molar-refractivity contribution in [3.8, 4) is 0 Å². The number of nitrogens with zero attached hydrogens (tertiary/aromatic N) is 1. The molecule has 2 amide bonds. The van der Waals surface area contributed by atoms with E-state index in [4.69, 9.17) is 0 Å². The van der Waals surface area contributed by atoms with Gasteiger partial charge in [-0.15, -0.1) is 0 Å². The monoisotopic (exact) mass is 318 g/mol. The van der Waals surface area contributed by atoms with E-state index in [0.717, 1.165) is 11.3 Å². The number of anilines is 1. The van der Waals surface area contributed by atoms with Crippen molar-refractivity contribution in [2.45, 2.75) is 39.7 Å². The number of carboxylic acids is 1. The van der Waals surface area contributed by atoms with Crippen molar-refractivity contribution >= 4 is 23.5 Å². The van der Waals surface area contributed by atoms with Gasteiger partial charge in [-0.2, -0.15) is 0 Å². The first-order valence-corrected chi connectivity index (χ1v) is 7.79. The average Bonchev–Trinajstić information content (AvgIpc) is 2.94. The molecular formula is C17H22N2O4. The quantitative estimate of drug-likeness (QED) is 0.867. The summed E-state index contributed by atoms with van der Waals surface area (Å²) in [7, 11) is 0. The van der Waals surface area contributed by atoms with E-state index in [9.17, 15) is 19.5 Å². The van der Waals surface area contributed by atoms with Crippen LogP contribution in [0.3, 0.4) is 0 Å². The van der Waals surface area contributed by atoms with E-state index < -0.39 is 17.9 Å². The summed E-state index contributed by atoms with van der Waals surface area (Å²) >= 11 is 0. The van der Waals surface area contributed by atoms with Crippen LogP contribution in [-0.2, 0) is 16.0 Å². The van der Waals surface area contributed by atoms with Gasteiger partial charge < -0.3 is 15.3 Å². The van der Waals surface area contributed by atoms with Crippen LogP contribution in [0, 0.1) is 5.92 Å². The summed E-state index contributed by atoms with van der Waals surface area (Å²) in [4.78, 5) is 36.9. The number of hydrogen-bond donors (Lipinski definition) is 2. The number of fused-ring (bicyclic) bond motifs is 1. The predicted octanol–water partition coefficient (Wildman–Crippen LogP) is 1.82. The third-order valence-electron chi connectivity index (χ3n) is 4.38. The molecule has 6 nitrogen and oxygen atoms in total. The highest BCUT2D eigenvalue weighted by Gasteiger charge is 2.27. The van der Waals surface area contributed by atoms with Crippen LogP contribution in [0.4, 0.5) is 5.69 Å². The molecule has 0 spiro atoms. The second-order valence-corrected chi connectivity index (χ2v) is 5.94. The topological polar surface area (TPSA) is 86.7 Å². The predicted molar refractivity (Wildman–Crippen MR) is 86.5 cm³/mol. The van der Waals surface area contributed by atoms with Crippen LogP contribution in [-0.4, -0.2) is 35.5 Å². The third kappa shape index (κ3) is 3.52. The van der Waals surface area contributed by atoms with Crippen LogP contribution in [0.25, 0.3) is 0 Å². The number of carboxylic acid groups (broad SMARTS) is 1. The fraction of sp³-hybridized carbons (Fsp3) is 0.471. The molecule has 23 heavy (non-hydrogen) atoms. The van der Waals surface area contributed by atoms with Crippen LogP contribution in [0.2, 0.25) is 0 Å². The van der Waals surface area contributed by atoms with Gasteiger partial charge in [-0.25, -0.2) is 4.79 Å². The molecule has 0 saturated heterocycles. The Hall–Kier alpha value is -2.37. The zero-order valence-electron chi connectivity index (χ0n) is 13.6. The Kier molecular flexibility index (Phi) is 5.03. The van der Waals surface area contributed by atoms with Crippen LogP contribution in [0.5, 0.6) is 0 Å². The molecule has 1 heterocycles. The second kappa shape index (κ2) is 6.81. The van der Waals surface area contributed by atoms with Gasteiger partial charge in [-0.3, -0.25) is 9.59 Å². The molecule has 0 bridgehead atoms. The Balaban J connectivity index is 2.18. The Morgan fingerprint density at radius 2 is 2.04 bits per heavy atom. The van der Waals surface area contributed by atoms with E-state index in [2.05, 4.69) is 5.32 Å². The summed E-state index contributed by atoms with van der Waals surface area (Å²) in [6, 6.07) is 4.21. The summed E-state index contributed by atoms with van der Waals surface area (Å²) in [6.07, 6.45) is 1.36. The first-order valence-electron chi connectivity index (χ1n) is 7.79. The molecule has 6 heteroatoms. The molecule has 1 aliphatic heterocycles. The molecule has 1 aromatic rings. The zero-order valence-corrected chi connectivity index (χ0v) is 13.6. The summed E-state index contributed by atoms with van der Waals surface area (Å²) in [6.45, 7) is 5.81. The van der Waals surface area contributed by atoms with E-state index in [1.165, 1.54) is 6.92 Å². The molecule has 2 rings (SSSR count). The molecule has 0 unspecified atom stereocenters. The molecule has 2 atom stereocenters. The van der Waals surface area contributed by atoms with Gasteiger partial charge in [0.15, 0.2) is 0 Å². The lowest BCUT2D eigenvalue weighted by atomic mass is 9.98. The lowest BCUT2D eigenvalue weighted by Gasteiger charge is -2.20. The number of benzene rings is 1. The van der Waals surface area contributed by atoms with E-state index in [-0.39, 0.29) is 11.8 Å². The number of nitrogens with one attached hydrogen (secondary N) is 1. The van der Waals surface area contributed by atoms with Crippen molar-refractivity contribution < 1.29 is 19.5 Å². The van der Waals surface area contributed by atoms with E-state index >= 15 is 0 Å². The highest BCUT2D eigenvalue weighted by Crippen LogP contribution is 2.29. The highest BCUT2D eigenvalue weighted by atomic mass is 16.4. The third-order valence-corrected chi connectivity index (χ3v) is 4.38. The molecule has 0 fully saturated rings. The van der Waals surface area contributed by atoms with Gasteiger partial charge in [0.25, 0.3) is 5.91 Å². The Morgan fingerprint density at radius 1 is 1.35 bits per heavy atom. The molecule has 1 aromatic carbocycles. The minimum absolute atomic E-state index is 0.0244. The van der Waals surface area contributed by atoms with Gasteiger partial charge in [0.1, 0.15) is 6.04 Å². The van der Waals surface area contributed by atoms with Gasteiger partial charge in [-0.05, 0) is 36.1 Å². The van der Waals surface area contributed by atoms with Crippen LogP contribution < -0.4 is 10.2 Å². The van der Waals surface area contributed by atoms with Gasteiger partial charge in [-0.1, -0.05) is 20.3 Å². The normalized spacial score (nSPS) is 15.7. The molecule has 0 aromatic heterocycles. The number of carbonyl (C=O) groups is 3. The van der Waals surface area contributed by atoms with Gasteiger partial charge in [0, 0.05) is 24.7 Å². The summed E-state index contributed by atoms with van der Waals surface area (Å²) < 4.78 is 0. The molecule has 0 aliphatic carbocycles. The lowest BCUT2D eigenvalue weighted by molar-refractivity contribution is -0.140. The van der Waals surface area contributed by atoms with Crippen LogP contribution in [0.1, 0.15) is 43.1 Å². The zero-order chi connectivity index (χ0) is 17.1. The smallest absolute Gasteiger partial charge is 0.326 e. The van der Waals surface area contributed by atoms with Gasteiger partial charge >= 0.3 is 5.97 Å². The second-order valence-electron chi connectivity index (χ2n) is 5.94. The minimum Gasteiger partial charge on any atom is -0.480 e. The lowest BCUT2D eigenvalue weighted by Crippen LogP contribution is -2.45. The fourth-order valence-corrected chi connectivity index (χ4v) is 2.78. The minimum atomic E-state index is -1.03. The maximum atomic E-state index is 12.3. The average molecular weight is 318 g/mol. The maximum absolute atomic E-state index is 12.3. The molecular weight excluding hydrogens is 296 g/mol. The Bertz CT molecular complexity index is 641. The Labute approximate surface area is 135 Å². The van der Waals surface area contributed by atoms with Crippen molar-refractivity contribution in [3.63, 3.8) is 0 Å². The van der Waals surface area contributed by atoms with Crippen molar-refractivity contribution in [1.29, 1.82) is 0 Å². The van der Waals surface area contributed by atoms with Crippen LogP contribution >= 0.6 is 0 Å². The first-order chi connectivity index (χ1) is 10.8. The van der Waals surface area contributed by atoms with E-state index in [0.29, 0.717) is 24.9 Å². The number of carbonyl (C=O) groups excluding carboxylic acids is 2. The summed E-state index contributed by atoms with van der Waals surface area (Å²) in [5, 5.41) is 11.9. The SMILES string of the molecule is CC[C@H](C)[C@H](NC(=O)c1ccc2c(c1)CCN2C(C)=O)C(=O)O. The number of aliphatic carboxylic acids is 1. The van der Waals surface area contributed by atoms with Crippen LogP contribution in [0.15, 0.2) is 18.2 Å². The summed E-state index contributed by atoms with van der Waals surface area (Å²) in [5.41, 5.74) is 2.18. The fourth-order valence-electron chi connectivity index (χ4n) is 2.78. The number of amides is 2. The summed E-state index contributed by atoms with van der Waals surface area (Å²) in [5.74, 6) is -1.61. The van der Waals surface area contributed by atoms with Gasteiger partial charge in [0.05, 0.1) is 0 Å². The van der Waals surface area contributed by atoms with Crippen molar-refractivity contribution in [3.05, 3.63) is 29.3 Å². The molecule has 124 valence electrons. The molecule has 1 aliphatic rings. The molecule has 0 saturated carbocycles. The standard InChI is InChI=1S/C17H22N2O4/c1-4-10(2)15(17(22)23)18-16(21)13-5-6-14-12(9-13)7-8-19(14)11(3)20/h5-6,9-10,15H,4,7-8H2,1-3H3,(H,18,21)(H,22,23)/t10-,15-/m0/s1. The largest absolute Gasteiger partial charge is 0.480 e. The van der Waals surface area contributed by atoms with Crippen molar-refractivity contribution in [2.24, 2.45) is 5.92 Å². The van der Waals surface area contributed by atoms with Gasteiger partial charge in [0.2, 0.25) is 5.91 Å². The van der Waals surface area contributed by atoms with E-state index in [1.807, 2.05) is 6.92 Å². The maximum Gasteiger partial charge on any atom is 0.326 e.